The third-order valence-corrected chi connectivity index (χ3v) is 8.71. The van der Waals surface area contributed by atoms with Gasteiger partial charge >= 0.3 is 0 Å². The molecule has 1 unspecified atom stereocenters. The van der Waals surface area contributed by atoms with Gasteiger partial charge in [-0.1, -0.05) is 98.6 Å². The van der Waals surface area contributed by atoms with Crippen LogP contribution in [0.1, 0.15) is 137 Å². The fraction of sp³-hybridized carbons (Fsp3) is 0.929. The molecule has 1 saturated carbocycles. The summed E-state index contributed by atoms with van der Waals surface area (Å²) >= 11 is 0. The van der Waals surface area contributed by atoms with E-state index in [2.05, 4.69) is 65.2 Å². The van der Waals surface area contributed by atoms with Crippen LogP contribution in [0, 0.1) is 23.2 Å². The van der Waals surface area contributed by atoms with Gasteiger partial charge in [0.2, 0.25) is 0 Å². The molecule has 0 spiro atoms. The van der Waals surface area contributed by atoms with Crippen molar-refractivity contribution in [2.24, 2.45) is 23.2 Å². The smallest absolute Gasteiger partial charge is 0.0856 e. The molecule has 0 amide bonds. The van der Waals surface area contributed by atoms with Gasteiger partial charge in [-0.25, -0.2) is 4.68 Å². The molecular weight excluding hydrogens is 378 g/mol. The molecular formula is C28H53N3. The van der Waals surface area contributed by atoms with Crippen molar-refractivity contribution in [3.05, 3.63) is 11.4 Å². The zero-order valence-corrected chi connectivity index (χ0v) is 22.3. The van der Waals surface area contributed by atoms with Crippen LogP contribution < -0.4 is 0 Å². The fourth-order valence-corrected chi connectivity index (χ4v) is 5.78. The highest BCUT2D eigenvalue weighted by atomic mass is 15.5. The zero-order chi connectivity index (χ0) is 23.1. The van der Waals surface area contributed by atoms with Crippen LogP contribution in [0.15, 0.2) is 0 Å². The average molecular weight is 432 g/mol. The molecule has 0 aliphatic heterocycles. The summed E-state index contributed by atoms with van der Waals surface area (Å²) in [6, 6.07) is 0. The van der Waals surface area contributed by atoms with Gasteiger partial charge in [0.05, 0.1) is 16.9 Å². The summed E-state index contributed by atoms with van der Waals surface area (Å²) in [6.07, 6.45) is 16.6. The quantitative estimate of drug-likeness (QED) is 0.246. The Morgan fingerprint density at radius 1 is 0.839 bits per heavy atom. The largest absolute Gasteiger partial charge is 0.243 e. The van der Waals surface area contributed by atoms with E-state index in [0.29, 0.717) is 5.41 Å². The zero-order valence-electron chi connectivity index (χ0n) is 22.3. The van der Waals surface area contributed by atoms with E-state index in [0.717, 1.165) is 37.0 Å². The molecule has 0 saturated heterocycles. The Morgan fingerprint density at radius 2 is 1.55 bits per heavy atom. The Morgan fingerprint density at radius 3 is 2.13 bits per heavy atom. The van der Waals surface area contributed by atoms with Crippen molar-refractivity contribution >= 4 is 0 Å². The molecule has 1 aromatic rings. The minimum Gasteiger partial charge on any atom is -0.243 e. The Balaban J connectivity index is 2.06. The summed E-state index contributed by atoms with van der Waals surface area (Å²) in [6.45, 7) is 18.9. The Bertz CT molecular complexity index is 647. The lowest BCUT2D eigenvalue weighted by molar-refractivity contribution is 0.232. The van der Waals surface area contributed by atoms with Gasteiger partial charge in [0.25, 0.3) is 0 Å². The molecule has 31 heavy (non-hydrogen) atoms. The van der Waals surface area contributed by atoms with E-state index in [-0.39, 0.29) is 5.54 Å². The van der Waals surface area contributed by atoms with Gasteiger partial charge in [0.15, 0.2) is 0 Å². The lowest BCUT2D eigenvalue weighted by Gasteiger charge is -2.30. The van der Waals surface area contributed by atoms with Gasteiger partial charge in [-0.2, -0.15) is 0 Å². The lowest BCUT2D eigenvalue weighted by atomic mass is 9.83. The number of aromatic nitrogens is 3. The number of aryl methyl sites for hydroxylation is 1. The van der Waals surface area contributed by atoms with Gasteiger partial charge in [0.1, 0.15) is 0 Å². The lowest BCUT2D eigenvalue weighted by Crippen LogP contribution is -2.32. The van der Waals surface area contributed by atoms with Gasteiger partial charge in [-0.15, -0.1) is 5.10 Å². The Kier molecular flexibility index (Phi) is 10.1. The molecule has 3 heteroatoms. The molecule has 180 valence electrons. The van der Waals surface area contributed by atoms with Crippen LogP contribution in [0.3, 0.4) is 0 Å². The molecule has 1 heterocycles. The van der Waals surface area contributed by atoms with Crippen molar-refractivity contribution in [1.82, 2.24) is 15.0 Å². The van der Waals surface area contributed by atoms with Crippen LogP contribution in [-0.2, 0) is 18.4 Å². The molecule has 4 atom stereocenters. The predicted octanol–water partition coefficient (Wildman–Crippen LogP) is 8.36. The van der Waals surface area contributed by atoms with Crippen LogP contribution in [-0.4, -0.2) is 15.0 Å². The van der Waals surface area contributed by atoms with Crippen LogP contribution in [0.25, 0.3) is 0 Å². The van der Waals surface area contributed by atoms with Gasteiger partial charge in [-0.05, 0) is 68.6 Å². The molecule has 3 nitrogen and oxygen atoms in total. The SMILES string of the molecule is CCCCCCCC(C)(CC)n1nnc(CC)c1CC[C@H]1[C@@H](CC)[C@H]1CC(C)(C)CC. The summed E-state index contributed by atoms with van der Waals surface area (Å²) in [7, 11) is 0. The van der Waals surface area contributed by atoms with Crippen LogP contribution in [0.4, 0.5) is 0 Å². The maximum absolute atomic E-state index is 4.74. The molecule has 1 aliphatic carbocycles. The van der Waals surface area contributed by atoms with Gasteiger partial charge < -0.3 is 0 Å². The molecule has 0 N–H and O–H groups in total. The van der Waals surface area contributed by atoms with Crippen molar-refractivity contribution in [2.75, 3.05) is 0 Å². The monoisotopic (exact) mass is 431 g/mol. The fourth-order valence-electron chi connectivity index (χ4n) is 5.78. The number of nitrogens with zero attached hydrogens (tertiary/aromatic N) is 3. The first-order chi connectivity index (χ1) is 14.8. The summed E-state index contributed by atoms with van der Waals surface area (Å²) in [5.41, 5.74) is 3.28. The first-order valence-corrected chi connectivity index (χ1v) is 13.7. The second-order valence-electron chi connectivity index (χ2n) is 11.4. The second-order valence-corrected chi connectivity index (χ2v) is 11.4. The van der Waals surface area contributed by atoms with Crippen LogP contribution in [0.5, 0.6) is 0 Å². The summed E-state index contributed by atoms with van der Waals surface area (Å²) in [5, 5.41) is 9.39. The van der Waals surface area contributed by atoms with E-state index in [4.69, 9.17) is 5.21 Å². The molecule has 1 aromatic heterocycles. The van der Waals surface area contributed by atoms with Crippen molar-refractivity contribution in [3.8, 4) is 0 Å². The molecule has 2 rings (SSSR count). The first kappa shape index (κ1) is 26.4. The highest BCUT2D eigenvalue weighted by Gasteiger charge is 2.49. The number of hydrogen-bond donors (Lipinski definition) is 0. The standard InChI is InChI=1S/C28H53N3/c1-9-14-15-16-17-20-28(8,13-5)31-26(25(11-3)29-30-31)19-18-23-22(10-2)24(23)21-27(6,7)12-4/h22-24H,9-21H2,1-8H3/t22-,23+,24-,28?/m1/s1. The highest BCUT2D eigenvalue weighted by molar-refractivity contribution is 5.14. The summed E-state index contributed by atoms with van der Waals surface area (Å²) in [5.74, 6) is 2.78. The van der Waals surface area contributed by atoms with E-state index in [9.17, 15) is 0 Å². The van der Waals surface area contributed by atoms with E-state index >= 15 is 0 Å². The average Bonchev–Trinajstić information content (AvgIpc) is 3.23. The topological polar surface area (TPSA) is 30.7 Å². The highest BCUT2D eigenvalue weighted by Crippen LogP contribution is 2.56. The van der Waals surface area contributed by atoms with E-state index < -0.39 is 0 Å². The maximum atomic E-state index is 4.74. The number of hydrogen-bond acceptors (Lipinski definition) is 2. The van der Waals surface area contributed by atoms with Crippen molar-refractivity contribution < 1.29 is 0 Å². The maximum Gasteiger partial charge on any atom is 0.0856 e. The third kappa shape index (κ3) is 6.81. The predicted molar refractivity (Wildman–Crippen MR) is 134 cm³/mol. The molecule has 0 radical (unpaired) electrons. The normalized spacial score (nSPS) is 23.2. The van der Waals surface area contributed by atoms with Gasteiger partial charge in [0, 0.05) is 0 Å². The third-order valence-electron chi connectivity index (χ3n) is 8.71. The van der Waals surface area contributed by atoms with Crippen molar-refractivity contribution in [3.63, 3.8) is 0 Å². The summed E-state index contributed by atoms with van der Waals surface area (Å²) in [4.78, 5) is 0. The van der Waals surface area contributed by atoms with E-state index in [1.807, 2.05) is 0 Å². The Hall–Kier alpha value is -0.860. The van der Waals surface area contributed by atoms with E-state index in [1.165, 1.54) is 75.6 Å². The van der Waals surface area contributed by atoms with E-state index in [1.54, 1.807) is 0 Å². The van der Waals surface area contributed by atoms with Crippen LogP contribution in [0.2, 0.25) is 0 Å². The van der Waals surface area contributed by atoms with Gasteiger partial charge in [-0.3, -0.25) is 0 Å². The molecule has 0 aromatic carbocycles. The summed E-state index contributed by atoms with van der Waals surface area (Å²) < 4.78 is 2.36. The number of rotatable bonds is 16. The minimum absolute atomic E-state index is 0.110. The Labute approximate surface area is 194 Å². The first-order valence-electron chi connectivity index (χ1n) is 13.7. The molecule has 0 bridgehead atoms. The van der Waals surface area contributed by atoms with Crippen molar-refractivity contribution in [2.45, 2.75) is 144 Å². The number of unbranched alkanes of at least 4 members (excludes halogenated alkanes) is 4. The minimum atomic E-state index is 0.110. The molecule has 1 fully saturated rings. The van der Waals surface area contributed by atoms with Crippen LogP contribution >= 0.6 is 0 Å². The molecule has 1 aliphatic rings. The second kappa shape index (κ2) is 11.8. The van der Waals surface area contributed by atoms with Crippen molar-refractivity contribution in [1.29, 1.82) is 0 Å².